The lowest BCUT2D eigenvalue weighted by molar-refractivity contribution is -0.132. The Balaban J connectivity index is 2.04. The molecule has 1 aliphatic heterocycles. The number of esters is 1. The normalized spacial score (nSPS) is 14.0. The van der Waals surface area contributed by atoms with Gasteiger partial charge in [-0.25, -0.2) is 4.98 Å². The Morgan fingerprint density at radius 2 is 1.77 bits per heavy atom. The first-order valence-corrected chi connectivity index (χ1v) is 10.4. The molecule has 0 N–H and O–H groups in total. The average Bonchev–Trinajstić information content (AvgIpc) is 2.74. The number of likely N-dealkylation sites (tertiary alicyclic amines) is 1. The first kappa shape index (κ1) is 21.9. The Hall–Kier alpha value is -2.83. The summed E-state index contributed by atoms with van der Waals surface area (Å²) in [5.41, 5.74) is 2.92. The van der Waals surface area contributed by atoms with E-state index in [0.29, 0.717) is 41.0 Å². The maximum Gasteiger partial charge on any atom is 0.308 e. The maximum atomic E-state index is 12.6. The Labute approximate surface area is 177 Å². The second kappa shape index (κ2) is 9.32. The van der Waals surface area contributed by atoms with Gasteiger partial charge in [0.2, 0.25) is 5.91 Å². The van der Waals surface area contributed by atoms with Crippen LogP contribution in [0.25, 0.3) is 10.9 Å². The Morgan fingerprint density at radius 3 is 2.37 bits per heavy atom. The van der Waals surface area contributed by atoms with Crippen molar-refractivity contribution in [2.24, 2.45) is 0 Å². The van der Waals surface area contributed by atoms with Crippen LogP contribution in [0.1, 0.15) is 49.4 Å². The molecule has 162 valence electrons. The molecule has 0 bridgehead atoms. The van der Waals surface area contributed by atoms with Crippen LogP contribution in [0.2, 0.25) is 0 Å². The molecule has 1 fully saturated rings. The van der Waals surface area contributed by atoms with Crippen LogP contribution in [-0.4, -0.2) is 49.1 Å². The van der Waals surface area contributed by atoms with Crippen molar-refractivity contribution in [2.75, 3.05) is 27.3 Å². The highest BCUT2D eigenvalue weighted by Gasteiger charge is 2.24. The summed E-state index contributed by atoms with van der Waals surface area (Å²) in [6.07, 6.45) is 4.24. The fourth-order valence-electron chi connectivity index (χ4n) is 4.00. The average molecular weight is 415 g/mol. The Morgan fingerprint density at radius 1 is 1.07 bits per heavy atom. The van der Waals surface area contributed by atoms with Crippen molar-refractivity contribution in [3.8, 4) is 17.2 Å². The fraction of sp³-hybridized carbons (Fsp3) is 0.522. The van der Waals surface area contributed by atoms with Crippen LogP contribution in [0.15, 0.2) is 6.07 Å². The highest BCUT2D eigenvalue weighted by Crippen LogP contribution is 2.43. The van der Waals surface area contributed by atoms with Gasteiger partial charge in [-0.2, -0.15) is 0 Å². The number of aryl methyl sites for hydroxylation is 2. The molecule has 0 spiro atoms. The Bertz CT molecular complexity index is 964. The third-order valence-electron chi connectivity index (χ3n) is 5.67. The Kier molecular flexibility index (Phi) is 6.80. The first-order valence-electron chi connectivity index (χ1n) is 10.4. The van der Waals surface area contributed by atoms with Crippen LogP contribution in [0.5, 0.6) is 17.2 Å². The number of benzene rings is 1. The van der Waals surface area contributed by atoms with E-state index in [0.717, 1.165) is 42.8 Å². The molecule has 2 aromatic rings. The molecule has 0 atom stereocenters. The van der Waals surface area contributed by atoms with Crippen LogP contribution >= 0.6 is 0 Å². The molecule has 1 saturated heterocycles. The lowest BCUT2D eigenvalue weighted by atomic mass is 10.0. The molecule has 0 radical (unpaired) electrons. The van der Waals surface area contributed by atoms with Gasteiger partial charge in [0.05, 0.1) is 19.6 Å². The number of ether oxygens (including phenoxy) is 3. The number of pyridine rings is 1. The van der Waals surface area contributed by atoms with Crippen molar-refractivity contribution < 1.29 is 23.8 Å². The van der Waals surface area contributed by atoms with E-state index in [1.54, 1.807) is 14.2 Å². The van der Waals surface area contributed by atoms with Crippen molar-refractivity contribution in [3.05, 3.63) is 22.9 Å². The van der Waals surface area contributed by atoms with E-state index in [9.17, 15) is 9.59 Å². The summed E-state index contributed by atoms with van der Waals surface area (Å²) in [4.78, 5) is 31.0. The molecule has 2 heterocycles. The molecule has 3 rings (SSSR count). The van der Waals surface area contributed by atoms with Crippen LogP contribution in [0.4, 0.5) is 0 Å². The summed E-state index contributed by atoms with van der Waals surface area (Å²) >= 11 is 0. The number of hydrogen-bond acceptors (Lipinski definition) is 6. The van der Waals surface area contributed by atoms with E-state index < -0.39 is 5.97 Å². The van der Waals surface area contributed by atoms with E-state index in [1.165, 1.54) is 13.3 Å². The number of piperidine rings is 1. The molecule has 30 heavy (non-hydrogen) atoms. The number of amides is 1. The first-order chi connectivity index (χ1) is 14.4. The summed E-state index contributed by atoms with van der Waals surface area (Å²) in [7, 11) is 3.15. The fourth-order valence-corrected chi connectivity index (χ4v) is 4.00. The second-order valence-corrected chi connectivity index (χ2v) is 7.68. The van der Waals surface area contributed by atoms with Gasteiger partial charge in [-0.15, -0.1) is 0 Å². The number of carbonyl (C=O) groups excluding carboxylic acids is 2. The summed E-state index contributed by atoms with van der Waals surface area (Å²) < 4.78 is 16.9. The van der Waals surface area contributed by atoms with Crippen molar-refractivity contribution in [1.29, 1.82) is 0 Å². The van der Waals surface area contributed by atoms with Crippen LogP contribution in [-0.2, 0) is 16.0 Å². The monoisotopic (exact) mass is 414 g/mol. The lowest BCUT2D eigenvalue weighted by Gasteiger charge is -2.27. The maximum absolute atomic E-state index is 12.6. The van der Waals surface area contributed by atoms with E-state index in [1.807, 2.05) is 24.8 Å². The summed E-state index contributed by atoms with van der Waals surface area (Å²) in [5, 5.41) is 0.596. The van der Waals surface area contributed by atoms with Gasteiger partial charge in [0, 0.05) is 43.3 Å². The zero-order valence-corrected chi connectivity index (χ0v) is 18.5. The number of nitrogens with zero attached hydrogens (tertiary/aromatic N) is 2. The van der Waals surface area contributed by atoms with Crippen molar-refractivity contribution >= 4 is 22.8 Å². The third kappa shape index (κ3) is 4.35. The van der Waals surface area contributed by atoms with E-state index in [4.69, 9.17) is 19.2 Å². The zero-order valence-electron chi connectivity index (χ0n) is 18.5. The predicted molar refractivity (Wildman–Crippen MR) is 114 cm³/mol. The highest BCUT2D eigenvalue weighted by atomic mass is 16.5. The molecule has 0 unspecified atom stereocenters. The minimum absolute atomic E-state index is 0.157. The van der Waals surface area contributed by atoms with Crippen LogP contribution in [0, 0.1) is 13.8 Å². The molecule has 1 aliphatic rings. The molecule has 1 aromatic heterocycles. The predicted octanol–water partition coefficient (Wildman–Crippen LogP) is 3.74. The molecular weight excluding hydrogens is 384 g/mol. The van der Waals surface area contributed by atoms with Gasteiger partial charge in [-0.05, 0) is 45.6 Å². The number of carbonyl (C=O) groups is 2. The van der Waals surface area contributed by atoms with Crippen LogP contribution in [0.3, 0.4) is 0 Å². The molecular formula is C23H30N2O5. The van der Waals surface area contributed by atoms with E-state index in [-0.39, 0.29) is 5.91 Å². The summed E-state index contributed by atoms with van der Waals surface area (Å²) in [6, 6.07) is 1.86. The SMILES string of the molecule is COc1c(CCC(=O)N2CCCCC2)cc(OC)c2c(OC(C)=O)c(C)c(C)nc12. The van der Waals surface area contributed by atoms with Crippen molar-refractivity contribution in [1.82, 2.24) is 9.88 Å². The van der Waals surface area contributed by atoms with Crippen LogP contribution < -0.4 is 14.2 Å². The van der Waals surface area contributed by atoms with E-state index in [2.05, 4.69) is 0 Å². The number of methoxy groups -OCH3 is 2. The smallest absolute Gasteiger partial charge is 0.308 e. The minimum atomic E-state index is -0.415. The molecule has 0 saturated carbocycles. The van der Waals surface area contributed by atoms with Gasteiger partial charge in [0.25, 0.3) is 0 Å². The van der Waals surface area contributed by atoms with Gasteiger partial charge in [-0.1, -0.05) is 0 Å². The van der Waals surface area contributed by atoms with Gasteiger partial charge < -0.3 is 19.1 Å². The zero-order chi connectivity index (χ0) is 21.8. The minimum Gasteiger partial charge on any atom is -0.496 e. The number of rotatable bonds is 6. The lowest BCUT2D eigenvalue weighted by Crippen LogP contribution is -2.35. The third-order valence-corrected chi connectivity index (χ3v) is 5.67. The van der Waals surface area contributed by atoms with Crippen molar-refractivity contribution in [3.63, 3.8) is 0 Å². The molecule has 0 aliphatic carbocycles. The number of aromatic nitrogens is 1. The summed E-state index contributed by atoms with van der Waals surface area (Å²) in [6.45, 7) is 6.76. The topological polar surface area (TPSA) is 78.0 Å². The molecule has 1 aromatic carbocycles. The number of fused-ring (bicyclic) bond motifs is 1. The van der Waals surface area contributed by atoms with E-state index >= 15 is 0 Å². The quantitative estimate of drug-likeness (QED) is 0.670. The van der Waals surface area contributed by atoms with Crippen molar-refractivity contribution in [2.45, 2.75) is 52.9 Å². The van der Waals surface area contributed by atoms with Gasteiger partial charge in [-0.3, -0.25) is 9.59 Å². The molecule has 1 amide bonds. The number of hydrogen-bond donors (Lipinski definition) is 0. The molecule has 7 heteroatoms. The largest absolute Gasteiger partial charge is 0.496 e. The standard InChI is InChI=1S/C23H30N2O5/c1-14-15(2)24-21-20(22(14)30-16(3)26)18(28-4)13-17(23(21)29-5)9-10-19(27)25-11-7-6-8-12-25/h13H,6-12H2,1-5H3. The summed E-state index contributed by atoms with van der Waals surface area (Å²) in [5.74, 6) is 1.29. The van der Waals surface area contributed by atoms with Gasteiger partial charge >= 0.3 is 5.97 Å². The van der Waals surface area contributed by atoms with Gasteiger partial charge in [0.15, 0.2) is 0 Å². The molecule has 7 nitrogen and oxygen atoms in total. The second-order valence-electron chi connectivity index (χ2n) is 7.68. The van der Waals surface area contributed by atoms with Gasteiger partial charge in [0.1, 0.15) is 22.8 Å². The highest BCUT2D eigenvalue weighted by molar-refractivity contribution is 5.98.